The van der Waals surface area contributed by atoms with Gasteiger partial charge in [-0.3, -0.25) is 4.98 Å². The Balaban J connectivity index is 1.72. The Morgan fingerprint density at radius 1 is 1.06 bits per heavy atom. The zero-order chi connectivity index (χ0) is 12.2. The predicted octanol–water partition coefficient (Wildman–Crippen LogP) is 3.57. The van der Waals surface area contributed by atoms with Crippen molar-refractivity contribution in [2.24, 2.45) is 0 Å². The van der Waals surface area contributed by atoms with Gasteiger partial charge in [0.15, 0.2) is 0 Å². The van der Waals surface area contributed by atoms with E-state index in [2.05, 4.69) is 21.2 Å². The highest BCUT2D eigenvalue weighted by Crippen LogP contribution is 2.33. The molecule has 18 heavy (non-hydrogen) atoms. The molecule has 92 valence electrons. The van der Waals surface area contributed by atoms with E-state index in [0.29, 0.717) is 0 Å². The van der Waals surface area contributed by atoms with Gasteiger partial charge in [0.1, 0.15) is 5.03 Å². The average molecular weight is 257 g/mol. The summed E-state index contributed by atoms with van der Waals surface area (Å²) in [5.41, 5.74) is 1.90. The minimum Gasteiger partial charge on any atom is -0.264 e. The number of thioether (sulfide) groups is 1. The van der Waals surface area contributed by atoms with Crippen LogP contribution in [0.3, 0.4) is 0 Å². The van der Waals surface area contributed by atoms with E-state index in [1.807, 2.05) is 36.2 Å². The molecule has 0 bridgehead atoms. The molecule has 3 rings (SSSR count). The zero-order valence-corrected chi connectivity index (χ0v) is 10.9. The first-order chi connectivity index (χ1) is 8.92. The number of aromatic nitrogens is 3. The summed E-state index contributed by atoms with van der Waals surface area (Å²) in [5, 5.41) is 10.4. The molecule has 1 fully saturated rings. The number of hydrogen-bond acceptors (Lipinski definition) is 4. The third kappa shape index (κ3) is 2.70. The SMILES string of the molecule is c1cncc(-c2ccc(SC3CCCC3)nn2)c1. The van der Waals surface area contributed by atoms with Crippen molar-refractivity contribution in [3.8, 4) is 11.3 Å². The lowest BCUT2D eigenvalue weighted by Crippen LogP contribution is -1.96. The third-order valence-electron chi connectivity index (χ3n) is 3.19. The molecule has 1 saturated carbocycles. The topological polar surface area (TPSA) is 38.7 Å². The standard InChI is InChI=1S/C14H15N3S/c1-2-6-12(5-1)18-14-8-7-13(16-17-14)11-4-3-9-15-10-11/h3-4,7-10,12H,1-2,5-6H2. The van der Waals surface area contributed by atoms with Gasteiger partial charge in [-0.2, -0.15) is 0 Å². The van der Waals surface area contributed by atoms with Gasteiger partial charge in [-0.1, -0.05) is 12.8 Å². The van der Waals surface area contributed by atoms with Gasteiger partial charge in [-0.25, -0.2) is 0 Å². The van der Waals surface area contributed by atoms with Gasteiger partial charge in [0.2, 0.25) is 0 Å². The molecule has 2 aromatic heterocycles. The van der Waals surface area contributed by atoms with Gasteiger partial charge < -0.3 is 0 Å². The summed E-state index contributed by atoms with van der Waals surface area (Å²) in [7, 11) is 0. The summed E-state index contributed by atoms with van der Waals surface area (Å²) >= 11 is 1.87. The third-order valence-corrected chi connectivity index (χ3v) is 4.45. The molecule has 0 unspecified atom stereocenters. The van der Waals surface area contributed by atoms with Crippen LogP contribution in [0.5, 0.6) is 0 Å². The van der Waals surface area contributed by atoms with E-state index in [-0.39, 0.29) is 0 Å². The van der Waals surface area contributed by atoms with Gasteiger partial charge in [0.25, 0.3) is 0 Å². The second kappa shape index (κ2) is 5.48. The molecule has 1 aliphatic rings. The first-order valence-corrected chi connectivity index (χ1v) is 7.20. The van der Waals surface area contributed by atoms with E-state index in [1.54, 1.807) is 6.20 Å². The van der Waals surface area contributed by atoms with Gasteiger partial charge in [0, 0.05) is 23.2 Å². The quantitative estimate of drug-likeness (QED) is 0.842. The van der Waals surface area contributed by atoms with Crippen molar-refractivity contribution in [1.82, 2.24) is 15.2 Å². The maximum atomic E-state index is 4.30. The Morgan fingerprint density at radius 3 is 2.61 bits per heavy atom. The van der Waals surface area contributed by atoms with Crippen LogP contribution in [0.15, 0.2) is 41.7 Å². The van der Waals surface area contributed by atoms with Crippen LogP contribution in [0.1, 0.15) is 25.7 Å². The van der Waals surface area contributed by atoms with Crippen molar-refractivity contribution >= 4 is 11.8 Å². The van der Waals surface area contributed by atoms with Gasteiger partial charge in [0.05, 0.1) is 5.69 Å². The molecule has 0 saturated heterocycles. The molecular formula is C14H15N3S. The van der Waals surface area contributed by atoms with Crippen LogP contribution in [0.2, 0.25) is 0 Å². The fraction of sp³-hybridized carbons (Fsp3) is 0.357. The minimum absolute atomic E-state index is 0.739. The molecule has 0 atom stereocenters. The molecular weight excluding hydrogens is 242 g/mol. The molecule has 0 spiro atoms. The van der Waals surface area contributed by atoms with E-state index in [9.17, 15) is 0 Å². The van der Waals surface area contributed by atoms with Gasteiger partial charge >= 0.3 is 0 Å². The molecule has 2 heterocycles. The first kappa shape index (κ1) is 11.7. The lowest BCUT2D eigenvalue weighted by Gasteiger charge is -2.07. The second-order valence-corrected chi connectivity index (χ2v) is 5.84. The van der Waals surface area contributed by atoms with Crippen LogP contribution in [0.4, 0.5) is 0 Å². The highest BCUT2D eigenvalue weighted by molar-refractivity contribution is 7.99. The molecule has 0 N–H and O–H groups in total. The lowest BCUT2D eigenvalue weighted by atomic mass is 10.2. The normalized spacial score (nSPS) is 16.0. The molecule has 2 aromatic rings. The number of rotatable bonds is 3. The smallest absolute Gasteiger partial charge is 0.119 e. The highest BCUT2D eigenvalue weighted by atomic mass is 32.2. The van der Waals surface area contributed by atoms with E-state index in [0.717, 1.165) is 21.5 Å². The minimum atomic E-state index is 0.739. The fourth-order valence-electron chi connectivity index (χ4n) is 2.23. The summed E-state index contributed by atoms with van der Waals surface area (Å²) < 4.78 is 0. The van der Waals surface area contributed by atoms with Crippen molar-refractivity contribution in [1.29, 1.82) is 0 Å². The Kier molecular flexibility index (Phi) is 3.55. The number of pyridine rings is 1. The van der Waals surface area contributed by atoms with E-state index in [1.165, 1.54) is 25.7 Å². The summed E-state index contributed by atoms with van der Waals surface area (Å²) in [6, 6.07) is 8.01. The summed E-state index contributed by atoms with van der Waals surface area (Å²) in [6.45, 7) is 0. The van der Waals surface area contributed by atoms with Crippen LogP contribution < -0.4 is 0 Å². The van der Waals surface area contributed by atoms with Crippen LogP contribution in [0, 0.1) is 0 Å². The molecule has 0 amide bonds. The van der Waals surface area contributed by atoms with Gasteiger partial charge in [-0.05, 0) is 37.1 Å². The van der Waals surface area contributed by atoms with Crippen molar-refractivity contribution in [2.75, 3.05) is 0 Å². The molecule has 4 heteroatoms. The highest BCUT2D eigenvalue weighted by Gasteiger charge is 2.16. The van der Waals surface area contributed by atoms with Crippen molar-refractivity contribution in [3.05, 3.63) is 36.7 Å². The van der Waals surface area contributed by atoms with Gasteiger partial charge in [-0.15, -0.1) is 22.0 Å². The lowest BCUT2D eigenvalue weighted by molar-refractivity contribution is 0.884. The van der Waals surface area contributed by atoms with Crippen LogP contribution in [0.25, 0.3) is 11.3 Å². The number of hydrogen-bond donors (Lipinski definition) is 0. The Morgan fingerprint density at radius 2 is 1.94 bits per heavy atom. The van der Waals surface area contributed by atoms with Crippen LogP contribution in [-0.4, -0.2) is 20.4 Å². The first-order valence-electron chi connectivity index (χ1n) is 6.32. The largest absolute Gasteiger partial charge is 0.264 e. The summed E-state index contributed by atoms with van der Waals surface area (Å²) in [6.07, 6.45) is 8.93. The van der Waals surface area contributed by atoms with E-state index >= 15 is 0 Å². The average Bonchev–Trinajstić information content (AvgIpc) is 2.94. The Bertz CT molecular complexity index is 492. The van der Waals surface area contributed by atoms with E-state index < -0.39 is 0 Å². The molecule has 0 aromatic carbocycles. The maximum Gasteiger partial charge on any atom is 0.119 e. The molecule has 3 nitrogen and oxygen atoms in total. The Labute approximate surface area is 111 Å². The van der Waals surface area contributed by atoms with Crippen molar-refractivity contribution in [2.45, 2.75) is 36.0 Å². The van der Waals surface area contributed by atoms with Crippen molar-refractivity contribution in [3.63, 3.8) is 0 Å². The monoisotopic (exact) mass is 257 g/mol. The zero-order valence-electron chi connectivity index (χ0n) is 10.1. The summed E-state index contributed by atoms with van der Waals surface area (Å²) in [4.78, 5) is 4.09. The second-order valence-electron chi connectivity index (χ2n) is 4.52. The number of nitrogens with zero attached hydrogens (tertiary/aromatic N) is 3. The van der Waals surface area contributed by atoms with Crippen molar-refractivity contribution < 1.29 is 0 Å². The molecule has 0 radical (unpaired) electrons. The predicted molar refractivity (Wildman–Crippen MR) is 73.4 cm³/mol. The van der Waals surface area contributed by atoms with Crippen LogP contribution in [-0.2, 0) is 0 Å². The van der Waals surface area contributed by atoms with E-state index in [4.69, 9.17) is 0 Å². The summed E-state index contributed by atoms with van der Waals surface area (Å²) in [5.74, 6) is 0. The maximum absolute atomic E-state index is 4.30. The van der Waals surface area contributed by atoms with Crippen LogP contribution >= 0.6 is 11.8 Å². The Hall–Kier alpha value is -1.42. The fourth-order valence-corrected chi connectivity index (χ4v) is 3.37. The molecule has 1 aliphatic carbocycles. The molecule has 0 aliphatic heterocycles.